The summed E-state index contributed by atoms with van der Waals surface area (Å²) in [5.74, 6) is -1.26. The minimum atomic E-state index is -0.777. The summed E-state index contributed by atoms with van der Waals surface area (Å²) in [5, 5.41) is 10.7. The van der Waals surface area contributed by atoms with Gasteiger partial charge in [-0.05, 0) is 43.7 Å². The van der Waals surface area contributed by atoms with Gasteiger partial charge in [-0.15, -0.1) is 0 Å². The Kier molecular flexibility index (Phi) is 4.89. The van der Waals surface area contributed by atoms with Crippen molar-refractivity contribution < 1.29 is 18.9 Å². The molecule has 2 amide bonds. The Bertz CT molecular complexity index is 914. The van der Waals surface area contributed by atoms with Crippen molar-refractivity contribution in [2.24, 2.45) is 0 Å². The zero-order chi connectivity index (χ0) is 19.7. The Morgan fingerprint density at radius 1 is 1.19 bits per heavy atom. The number of carbonyl (C=O) groups is 2. The van der Waals surface area contributed by atoms with Crippen molar-refractivity contribution in [1.29, 1.82) is 0 Å². The summed E-state index contributed by atoms with van der Waals surface area (Å²) in [5.41, 5.74) is 1.18. The Labute approximate surface area is 155 Å². The second-order valence-corrected chi connectivity index (χ2v) is 6.42. The molecule has 0 radical (unpaired) electrons. The van der Waals surface area contributed by atoms with Gasteiger partial charge >= 0.3 is 0 Å². The van der Waals surface area contributed by atoms with Gasteiger partial charge < -0.3 is 9.80 Å². The van der Waals surface area contributed by atoms with Crippen molar-refractivity contribution in [2.75, 3.05) is 18.0 Å². The maximum atomic E-state index is 14.1. The van der Waals surface area contributed by atoms with Gasteiger partial charge in [0.2, 0.25) is 5.91 Å². The lowest BCUT2D eigenvalue weighted by molar-refractivity contribution is -0.384. The van der Waals surface area contributed by atoms with Crippen molar-refractivity contribution >= 4 is 23.2 Å². The van der Waals surface area contributed by atoms with Gasteiger partial charge in [0.25, 0.3) is 11.6 Å². The van der Waals surface area contributed by atoms with Crippen molar-refractivity contribution in [2.45, 2.75) is 19.9 Å². The Hall–Kier alpha value is -3.29. The average molecular weight is 371 g/mol. The molecule has 2 aromatic carbocycles. The van der Waals surface area contributed by atoms with Crippen LogP contribution in [0.5, 0.6) is 0 Å². The lowest BCUT2D eigenvalue weighted by Gasteiger charge is -2.39. The van der Waals surface area contributed by atoms with Gasteiger partial charge in [-0.2, -0.15) is 0 Å². The van der Waals surface area contributed by atoms with E-state index in [-0.39, 0.29) is 35.9 Å². The number of carbonyl (C=O) groups excluding carboxylic acids is 2. The lowest BCUT2D eigenvalue weighted by atomic mass is 10.1. The second kappa shape index (κ2) is 7.14. The fourth-order valence-corrected chi connectivity index (χ4v) is 3.11. The molecular weight excluding hydrogens is 353 g/mol. The summed E-state index contributed by atoms with van der Waals surface area (Å²) >= 11 is 0. The van der Waals surface area contributed by atoms with Gasteiger partial charge in [-0.3, -0.25) is 19.7 Å². The van der Waals surface area contributed by atoms with Gasteiger partial charge in [0.05, 0.1) is 10.6 Å². The first-order valence-corrected chi connectivity index (χ1v) is 8.42. The third kappa shape index (κ3) is 3.51. The summed E-state index contributed by atoms with van der Waals surface area (Å²) in [4.78, 5) is 38.4. The maximum absolute atomic E-state index is 14.1. The molecule has 1 fully saturated rings. The quantitative estimate of drug-likeness (QED) is 0.613. The number of anilines is 1. The van der Waals surface area contributed by atoms with Crippen LogP contribution in [0.3, 0.4) is 0 Å². The molecular formula is C19H18FN3O4. The molecule has 1 aliphatic rings. The first-order chi connectivity index (χ1) is 12.8. The smallest absolute Gasteiger partial charge is 0.269 e. The molecule has 1 heterocycles. The molecule has 0 N–H and O–H groups in total. The summed E-state index contributed by atoms with van der Waals surface area (Å²) in [6.45, 7) is 3.80. The molecule has 1 aliphatic heterocycles. The highest BCUT2D eigenvalue weighted by atomic mass is 19.1. The molecule has 3 rings (SSSR count). The Balaban J connectivity index is 1.80. The predicted molar refractivity (Wildman–Crippen MR) is 97.1 cm³/mol. The number of non-ortho nitro benzene ring substituents is 1. The monoisotopic (exact) mass is 371 g/mol. The van der Waals surface area contributed by atoms with Crippen LogP contribution in [0, 0.1) is 22.9 Å². The van der Waals surface area contributed by atoms with E-state index in [4.69, 9.17) is 0 Å². The summed E-state index contributed by atoms with van der Waals surface area (Å²) < 4.78 is 14.1. The number of piperazine rings is 1. The van der Waals surface area contributed by atoms with Crippen molar-refractivity contribution in [1.82, 2.24) is 4.90 Å². The largest absolute Gasteiger partial charge is 0.325 e. The van der Waals surface area contributed by atoms with Crippen LogP contribution in [-0.4, -0.2) is 40.8 Å². The highest BCUT2D eigenvalue weighted by Gasteiger charge is 2.36. The third-order valence-corrected chi connectivity index (χ3v) is 4.63. The van der Waals surface area contributed by atoms with Gasteiger partial charge in [0.1, 0.15) is 11.9 Å². The van der Waals surface area contributed by atoms with Gasteiger partial charge in [0.15, 0.2) is 0 Å². The number of halogens is 1. The number of amides is 2. The number of nitrogens with zero attached hydrogens (tertiary/aromatic N) is 3. The number of nitro groups is 1. The van der Waals surface area contributed by atoms with E-state index < -0.39 is 22.7 Å². The lowest BCUT2D eigenvalue weighted by Crippen LogP contribution is -2.58. The highest BCUT2D eigenvalue weighted by Crippen LogP contribution is 2.26. The molecule has 1 saturated heterocycles. The standard InChI is InChI=1S/C19H18FN3O4/c1-12-3-8-16(20)17(11-12)22-10-9-21(13(2)18(22)24)19(25)14-4-6-15(7-5-14)23(26)27/h3-8,11,13H,9-10H2,1-2H3/t13-/m1/s1. The second-order valence-electron chi connectivity index (χ2n) is 6.42. The molecule has 0 aliphatic carbocycles. The molecule has 0 aromatic heterocycles. The Morgan fingerprint density at radius 3 is 2.48 bits per heavy atom. The molecule has 8 heteroatoms. The van der Waals surface area contributed by atoms with Gasteiger partial charge in [0, 0.05) is 30.8 Å². The maximum Gasteiger partial charge on any atom is 0.269 e. The van der Waals surface area contributed by atoms with Crippen molar-refractivity contribution in [3.63, 3.8) is 0 Å². The number of hydrogen-bond acceptors (Lipinski definition) is 4. The van der Waals surface area contributed by atoms with Gasteiger partial charge in [-0.25, -0.2) is 4.39 Å². The normalized spacial score (nSPS) is 17.1. The number of rotatable bonds is 3. The van der Waals surface area contributed by atoms with Crippen LogP contribution in [0.25, 0.3) is 0 Å². The zero-order valence-corrected chi connectivity index (χ0v) is 14.9. The zero-order valence-electron chi connectivity index (χ0n) is 14.9. The van der Waals surface area contributed by atoms with Crippen LogP contribution < -0.4 is 4.90 Å². The topological polar surface area (TPSA) is 83.8 Å². The van der Waals surface area contributed by atoms with E-state index in [2.05, 4.69) is 0 Å². The van der Waals surface area contributed by atoms with Crippen molar-refractivity contribution in [3.8, 4) is 0 Å². The van der Waals surface area contributed by atoms with Crippen LogP contribution in [0.1, 0.15) is 22.8 Å². The molecule has 0 bridgehead atoms. The minimum absolute atomic E-state index is 0.115. The third-order valence-electron chi connectivity index (χ3n) is 4.63. The van der Waals surface area contributed by atoms with E-state index in [1.807, 2.05) is 6.92 Å². The van der Waals surface area contributed by atoms with Crippen LogP contribution in [0.4, 0.5) is 15.8 Å². The average Bonchev–Trinajstić information content (AvgIpc) is 2.65. The molecule has 0 spiro atoms. The molecule has 2 aromatic rings. The van der Waals surface area contributed by atoms with E-state index in [1.54, 1.807) is 19.1 Å². The molecule has 140 valence electrons. The number of aryl methyl sites for hydroxylation is 1. The van der Waals surface area contributed by atoms with Crippen LogP contribution in [0.15, 0.2) is 42.5 Å². The van der Waals surface area contributed by atoms with Crippen molar-refractivity contribution in [3.05, 3.63) is 69.5 Å². The van der Waals surface area contributed by atoms with Crippen LogP contribution in [-0.2, 0) is 4.79 Å². The summed E-state index contributed by atoms with van der Waals surface area (Å²) in [6.07, 6.45) is 0. The van der Waals surface area contributed by atoms with E-state index in [0.29, 0.717) is 0 Å². The number of hydrogen-bond donors (Lipinski definition) is 0. The van der Waals surface area contributed by atoms with Gasteiger partial charge in [-0.1, -0.05) is 6.07 Å². The predicted octanol–water partition coefficient (Wildman–Crippen LogP) is 2.92. The first-order valence-electron chi connectivity index (χ1n) is 8.42. The summed E-state index contributed by atoms with van der Waals surface area (Å²) in [6, 6.07) is 9.00. The molecule has 1 atom stereocenters. The summed E-state index contributed by atoms with van der Waals surface area (Å²) in [7, 11) is 0. The number of nitro benzene ring substituents is 1. The van der Waals surface area contributed by atoms with E-state index in [9.17, 15) is 24.1 Å². The molecule has 0 saturated carbocycles. The minimum Gasteiger partial charge on any atom is -0.325 e. The highest BCUT2D eigenvalue weighted by molar-refractivity contribution is 6.03. The SMILES string of the molecule is Cc1ccc(F)c(N2CCN(C(=O)c3ccc([N+](=O)[O-])cc3)[C@H](C)C2=O)c1. The van der Waals surface area contributed by atoms with E-state index in [0.717, 1.165) is 5.56 Å². The Morgan fingerprint density at radius 2 is 1.85 bits per heavy atom. The fraction of sp³-hybridized carbons (Fsp3) is 0.263. The number of benzene rings is 2. The molecule has 27 heavy (non-hydrogen) atoms. The van der Waals surface area contributed by atoms with Crippen LogP contribution >= 0.6 is 0 Å². The first kappa shape index (κ1) is 18.5. The van der Waals surface area contributed by atoms with Crippen LogP contribution in [0.2, 0.25) is 0 Å². The fourth-order valence-electron chi connectivity index (χ4n) is 3.11. The van der Waals surface area contributed by atoms with E-state index in [1.165, 1.54) is 40.1 Å². The molecule has 0 unspecified atom stereocenters. The molecule has 7 nitrogen and oxygen atoms in total. The van der Waals surface area contributed by atoms with E-state index >= 15 is 0 Å².